The van der Waals surface area contributed by atoms with Crippen LogP contribution in [0.4, 0.5) is 5.69 Å². The topological polar surface area (TPSA) is 38.1 Å². The lowest BCUT2D eigenvalue weighted by Crippen LogP contribution is -2.31. The standard InChI is InChI=1S/C19H17N3O/c23-19(12-11-17-7-3-1-4-8-17)22(16-21-14-13-20-15-21)18-9-5-2-6-10-18/h1-15H,16H2. The third kappa shape index (κ3) is 3.95. The van der Waals surface area contributed by atoms with Crippen LogP contribution in [-0.4, -0.2) is 15.5 Å². The average molecular weight is 303 g/mol. The van der Waals surface area contributed by atoms with Gasteiger partial charge >= 0.3 is 0 Å². The Balaban J connectivity index is 1.82. The molecule has 1 amide bonds. The van der Waals surface area contributed by atoms with Gasteiger partial charge in [0.05, 0.1) is 6.33 Å². The molecule has 0 radical (unpaired) electrons. The van der Waals surface area contributed by atoms with E-state index in [2.05, 4.69) is 4.98 Å². The maximum absolute atomic E-state index is 12.6. The van der Waals surface area contributed by atoms with Crippen molar-refractivity contribution < 1.29 is 4.79 Å². The van der Waals surface area contributed by atoms with E-state index in [9.17, 15) is 4.79 Å². The lowest BCUT2D eigenvalue weighted by Gasteiger charge is -2.21. The number of benzene rings is 2. The van der Waals surface area contributed by atoms with E-state index in [0.717, 1.165) is 11.3 Å². The maximum Gasteiger partial charge on any atom is 0.252 e. The van der Waals surface area contributed by atoms with Crippen LogP contribution in [-0.2, 0) is 11.5 Å². The van der Waals surface area contributed by atoms with Crippen LogP contribution in [0.25, 0.3) is 6.08 Å². The van der Waals surface area contributed by atoms with Gasteiger partial charge in [0.15, 0.2) is 0 Å². The third-order valence-corrected chi connectivity index (χ3v) is 3.42. The molecule has 1 aromatic heterocycles. The molecule has 0 aliphatic heterocycles. The highest BCUT2D eigenvalue weighted by atomic mass is 16.2. The smallest absolute Gasteiger partial charge is 0.252 e. The minimum atomic E-state index is -0.0752. The van der Waals surface area contributed by atoms with Crippen molar-refractivity contribution in [3.05, 3.63) is 91.0 Å². The quantitative estimate of drug-likeness (QED) is 0.676. The number of carbonyl (C=O) groups excluding carboxylic acids is 1. The molecule has 0 bridgehead atoms. The fourth-order valence-electron chi connectivity index (χ4n) is 2.24. The minimum Gasteiger partial charge on any atom is -0.319 e. The second-order valence-corrected chi connectivity index (χ2v) is 5.06. The molecule has 0 saturated carbocycles. The number of anilines is 1. The second-order valence-electron chi connectivity index (χ2n) is 5.06. The van der Waals surface area contributed by atoms with Gasteiger partial charge in [-0.25, -0.2) is 4.98 Å². The van der Waals surface area contributed by atoms with Crippen LogP contribution in [0.5, 0.6) is 0 Å². The van der Waals surface area contributed by atoms with Crippen molar-refractivity contribution in [1.29, 1.82) is 0 Å². The monoisotopic (exact) mass is 303 g/mol. The summed E-state index contributed by atoms with van der Waals surface area (Å²) in [4.78, 5) is 18.4. The Morgan fingerprint density at radius 3 is 2.39 bits per heavy atom. The van der Waals surface area contributed by atoms with Gasteiger partial charge in [-0.05, 0) is 23.8 Å². The van der Waals surface area contributed by atoms with Crippen LogP contribution in [0.2, 0.25) is 0 Å². The van der Waals surface area contributed by atoms with E-state index in [1.165, 1.54) is 0 Å². The molecule has 0 saturated heterocycles. The predicted octanol–water partition coefficient (Wildman–Crippen LogP) is 3.59. The average Bonchev–Trinajstić information content (AvgIpc) is 3.12. The van der Waals surface area contributed by atoms with E-state index < -0.39 is 0 Å². The zero-order valence-electron chi connectivity index (χ0n) is 12.6. The number of hydrogen-bond donors (Lipinski definition) is 0. The number of carbonyl (C=O) groups is 1. The highest BCUT2D eigenvalue weighted by molar-refractivity contribution is 6.03. The Morgan fingerprint density at radius 1 is 1.04 bits per heavy atom. The number of para-hydroxylation sites is 1. The van der Waals surface area contributed by atoms with Gasteiger partial charge in [-0.15, -0.1) is 0 Å². The molecule has 0 atom stereocenters. The lowest BCUT2D eigenvalue weighted by molar-refractivity contribution is -0.114. The number of imidazole rings is 1. The summed E-state index contributed by atoms with van der Waals surface area (Å²) in [5.41, 5.74) is 1.85. The second kappa shape index (κ2) is 7.22. The van der Waals surface area contributed by atoms with Crippen molar-refractivity contribution in [3.63, 3.8) is 0 Å². The molecule has 0 unspecified atom stereocenters. The molecule has 0 aliphatic carbocycles. The number of rotatable bonds is 5. The van der Waals surface area contributed by atoms with Gasteiger partial charge in [0.25, 0.3) is 5.91 Å². The Bertz CT molecular complexity index is 765. The van der Waals surface area contributed by atoms with Gasteiger partial charge in [-0.1, -0.05) is 48.5 Å². The SMILES string of the molecule is O=C(C=Cc1ccccc1)N(Cn1ccnc1)c1ccccc1. The molecular formula is C19H17N3O. The van der Waals surface area contributed by atoms with E-state index in [0.29, 0.717) is 6.67 Å². The van der Waals surface area contributed by atoms with Gasteiger partial charge in [-0.2, -0.15) is 0 Å². The van der Waals surface area contributed by atoms with Crippen LogP contribution >= 0.6 is 0 Å². The van der Waals surface area contributed by atoms with Gasteiger partial charge in [0.1, 0.15) is 6.67 Å². The Labute approximate surface area is 135 Å². The van der Waals surface area contributed by atoms with Crippen molar-refractivity contribution in [2.24, 2.45) is 0 Å². The number of nitrogens with zero attached hydrogens (tertiary/aromatic N) is 3. The van der Waals surface area contributed by atoms with Crippen LogP contribution < -0.4 is 4.90 Å². The summed E-state index contributed by atoms with van der Waals surface area (Å²) in [6, 6.07) is 19.4. The Kier molecular flexibility index (Phi) is 4.64. The normalized spacial score (nSPS) is 10.8. The maximum atomic E-state index is 12.6. The molecule has 1 heterocycles. The van der Waals surface area contributed by atoms with E-state index in [1.807, 2.05) is 77.5 Å². The predicted molar refractivity (Wildman–Crippen MR) is 91.6 cm³/mol. The molecule has 0 aliphatic rings. The summed E-state index contributed by atoms with van der Waals surface area (Å²) in [5.74, 6) is -0.0752. The number of hydrogen-bond acceptors (Lipinski definition) is 2. The fourth-order valence-corrected chi connectivity index (χ4v) is 2.24. The lowest BCUT2D eigenvalue weighted by atomic mass is 10.2. The first-order valence-corrected chi connectivity index (χ1v) is 7.38. The van der Waals surface area contributed by atoms with Crippen LogP contribution in [0, 0.1) is 0 Å². The summed E-state index contributed by atoms with van der Waals surface area (Å²) >= 11 is 0. The van der Waals surface area contributed by atoms with Crippen molar-refractivity contribution in [2.45, 2.75) is 6.67 Å². The molecule has 0 spiro atoms. The van der Waals surface area contributed by atoms with E-state index in [4.69, 9.17) is 0 Å². The third-order valence-electron chi connectivity index (χ3n) is 3.42. The fraction of sp³-hybridized carbons (Fsp3) is 0.0526. The summed E-state index contributed by atoms with van der Waals surface area (Å²) < 4.78 is 1.86. The minimum absolute atomic E-state index is 0.0752. The zero-order valence-corrected chi connectivity index (χ0v) is 12.6. The first kappa shape index (κ1) is 14.8. The largest absolute Gasteiger partial charge is 0.319 e. The number of amides is 1. The van der Waals surface area contributed by atoms with Gasteiger partial charge in [-0.3, -0.25) is 9.69 Å². The van der Waals surface area contributed by atoms with Gasteiger partial charge < -0.3 is 4.57 Å². The molecule has 3 rings (SSSR count). The molecule has 3 aromatic rings. The van der Waals surface area contributed by atoms with Crippen molar-refractivity contribution in [2.75, 3.05) is 4.90 Å². The van der Waals surface area contributed by atoms with Gasteiger partial charge in [0.2, 0.25) is 0 Å². The molecule has 4 heteroatoms. The first-order valence-electron chi connectivity index (χ1n) is 7.38. The van der Waals surface area contributed by atoms with Crippen LogP contribution in [0.3, 0.4) is 0 Å². The molecule has 23 heavy (non-hydrogen) atoms. The highest BCUT2D eigenvalue weighted by Crippen LogP contribution is 2.15. The van der Waals surface area contributed by atoms with E-state index in [-0.39, 0.29) is 5.91 Å². The molecular weight excluding hydrogens is 286 g/mol. The Morgan fingerprint density at radius 2 is 1.74 bits per heavy atom. The van der Waals surface area contributed by atoms with Crippen molar-refractivity contribution in [3.8, 4) is 0 Å². The van der Waals surface area contributed by atoms with Crippen LogP contribution in [0.15, 0.2) is 85.5 Å². The van der Waals surface area contributed by atoms with Gasteiger partial charge in [0, 0.05) is 24.2 Å². The summed E-state index contributed by atoms with van der Waals surface area (Å²) in [6.07, 6.45) is 8.66. The molecule has 0 N–H and O–H groups in total. The van der Waals surface area contributed by atoms with Crippen molar-refractivity contribution in [1.82, 2.24) is 9.55 Å². The summed E-state index contributed by atoms with van der Waals surface area (Å²) in [6.45, 7) is 0.419. The zero-order chi connectivity index (χ0) is 15.9. The van der Waals surface area contributed by atoms with E-state index >= 15 is 0 Å². The van der Waals surface area contributed by atoms with Crippen molar-refractivity contribution >= 4 is 17.7 Å². The first-order chi connectivity index (χ1) is 11.3. The summed E-state index contributed by atoms with van der Waals surface area (Å²) in [7, 11) is 0. The number of aromatic nitrogens is 2. The molecule has 0 fully saturated rings. The highest BCUT2D eigenvalue weighted by Gasteiger charge is 2.13. The Hall–Kier alpha value is -3.14. The van der Waals surface area contributed by atoms with Crippen LogP contribution in [0.1, 0.15) is 5.56 Å². The van der Waals surface area contributed by atoms with E-state index in [1.54, 1.807) is 23.5 Å². The molecule has 114 valence electrons. The summed E-state index contributed by atoms with van der Waals surface area (Å²) in [5, 5.41) is 0. The molecule has 2 aromatic carbocycles. The molecule has 4 nitrogen and oxygen atoms in total.